The first-order chi connectivity index (χ1) is 13.0. The number of fused-ring (bicyclic) bond motifs is 1. The van der Waals surface area contributed by atoms with Gasteiger partial charge in [-0.15, -0.1) is 0 Å². The van der Waals surface area contributed by atoms with Gasteiger partial charge in [0.25, 0.3) is 5.91 Å². The molecule has 0 aliphatic carbocycles. The van der Waals surface area contributed by atoms with E-state index in [1.165, 1.54) is 19.1 Å². The van der Waals surface area contributed by atoms with Crippen molar-refractivity contribution in [2.24, 2.45) is 0 Å². The Morgan fingerprint density at radius 1 is 1.19 bits per heavy atom. The third-order valence-corrected chi connectivity index (χ3v) is 4.06. The lowest BCUT2D eigenvalue weighted by atomic mass is 10.1. The van der Waals surface area contributed by atoms with E-state index in [9.17, 15) is 14.0 Å². The van der Waals surface area contributed by atoms with E-state index < -0.39 is 24.1 Å². The van der Waals surface area contributed by atoms with E-state index in [4.69, 9.17) is 14.2 Å². The largest absolute Gasteiger partial charge is 0.485 e. The molecule has 0 unspecified atom stereocenters. The molecule has 27 heavy (non-hydrogen) atoms. The van der Waals surface area contributed by atoms with Crippen molar-refractivity contribution >= 4 is 11.9 Å². The van der Waals surface area contributed by atoms with Crippen molar-refractivity contribution in [3.8, 4) is 11.5 Å². The number of hydrogen-bond acceptors (Lipinski definition) is 5. The number of ether oxygens (including phenoxy) is 3. The summed E-state index contributed by atoms with van der Waals surface area (Å²) in [4.78, 5) is 24.3. The number of halogens is 1. The summed E-state index contributed by atoms with van der Waals surface area (Å²) >= 11 is 0. The number of nitrogens with one attached hydrogen (secondary N) is 1. The van der Waals surface area contributed by atoms with Gasteiger partial charge < -0.3 is 19.5 Å². The second kappa shape index (κ2) is 8.53. The lowest BCUT2D eigenvalue weighted by molar-refractivity contribution is -0.163. The fourth-order valence-electron chi connectivity index (χ4n) is 2.56. The molecule has 0 saturated carbocycles. The van der Waals surface area contributed by atoms with Gasteiger partial charge in [-0.1, -0.05) is 24.3 Å². The van der Waals surface area contributed by atoms with Crippen molar-refractivity contribution in [1.29, 1.82) is 0 Å². The van der Waals surface area contributed by atoms with E-state index in [0.29, 0.717) is 24.5 Å². The van der Waals surface area contributed by atoms with Gasteiger partial charge in [-0.2, -0.15) is 0 Å². The van der Waals surface area contributed by atoms with E-state index in [-0.39, 0.29) is 12.4 Å². The second-order valence-corrected chi connectivity index (χ2v) is 6.11. The Morgan fingerprint density at radius 3 is 2.63 bits per heavy atom. The molecule has 3 rings (SSSR count). The second-order valence-electron chi connectivity index (χ2n) is 6.11. The summed E-state index contributed by atoms with van der Waals surface area (Å²) in [6.45, 7) is 1.86. The Balaban J connectivity index is 1.44. The van der Waals surface area contributed by atoms with Gasteiger partial charge in [-0.05, 0) is 43.2 Å². The molecule has 1 amide bonds. The normalized spacial score (nSPS) is 16.3. The number of rotatable bonds is 6. The van der Waals surface area contributed by atoms with Crippen LogP contribution in [0.25, 0.3) is 0 Å². The number of hydrogen-bond donors (Lipinski definition) is 1. The summed E-state index contributed by atoms with van der Waals surface area (Å²) in [5, 5.41) is 2.69. The van der Waals surface area contributed by atoms with Crippen LogP contribution in [0.2, 0.25) is 0 Å². The molecule has 2 aromatic rings. The Kier molecular flexibility index (Phi) is 5.90. The van der Waals surface area contributed by atoms with Gasteiger partial charge in [0, 0.05) is 6.54 Å². The molecule has 0 aromatic heterocycles. The van der Waals surface area contributed by atoms with E-state index in [1.54, 1.807) is 36.4 Å². The van der Waals surface area contributed by atoms with Crippen LogP contribution in [0.4, 0.5) is 4.39 Å². The minimum atomic E-state index is -0.966. The van der Waals surface area contributed by atoms with Gasteiger partial charge >= 0.3 is 5.97 Å². The summed E-state index contributed by atoms with van der Waals surface area (Å²) in [5.41, 5.74) is 0.896. The Labute approximate surface area is 156 Å². The maximum absolute atomic E-state index is 12.9. The zero-order valence-corrected chi connectivity index (χ0v) is 14.8. The maximum Gasteiger partial charge on any atom is 0.351 e. The van der Waals surface area contributed by atoms with Crippen molar-refractivity contribution in [2.45, 2.75) is 25.6 Å². The average molecular weight is 373 g/mol. The summed E-state index contributed by atoms with van der Waals surface area (Å²) < 4.78 is 29.1. The highest BCUT2D eigenvalue weighted by atomic mass is 19.1. The standard InChI is InChI=1S/C20H20FNO5/c1-13(19(23)22-11-10-14-6-8-15(21)9-7-14)26-20(24)18-12-25-16-4-2-3-5-17(16)27-18/h2-9,13,18H,10-12H2,1H3,(H,22,23)/t13-,18-/m0/s1. The number of esters is 1. The minimum Gasteiger partial charge on any atom is -0.485 e. The minimum absolute atomic E-state index is 0.0226. The molecule has 6 nitrogen and oxygen atoms in total. The molecule has 1 heterocycles. The fraction of sp³-hybridized carbons (Fsp3) is 0.300. The lowest BCUT2D eigenvalue weighted by Gasteiger charge is -2.25. The molecule has 0 spiro atoms. The highest BCUT2D eigenvalue weighted by molar-refractivity contribution is 5.84. The monoisotopic (exact) mass is 373 g/mol. The van der Waals surface area contributed by atoms with Crippen LogP contribution >= 0.6 is 0 Å². The molecular formula is C20H20FNO5. The van der Waals surface area contributed by atoms with E-state index in [2.05, 4.69) is 5.32 Å². The predicted molar refractivity (Wildman–Crippen MR) is 95.0 cm³/mol. The average Bonchev–Trinajstić information content (AvgIpc) is 2.69. The Morgan fingerprint density at radius 2 is 1.89 bits per heavy atom. The Hall–Kier alpha value is -3.09. The van der Waals surface area contributed by atoms with Crippen molar-refractivity contribution in [2.75, 3.05) is 13.2 Å². The predicted octanol–water partition coefficient (Wildman–Crippen LogP) is 2.26. The van der Waals surface area contributed by atoms with Crippen LogP contribution in [-0.2, 0) is 20.7 Å². The molecule has 0 radical (unpaired) electrons. The van der Waals surface area contributed by atoms with E-state index in [1.807, 2.05) is 0 Å². The van der Waals surface area contributed by atoms with Crippen LogP contribution in [0.5, 0.6) is 11.5 Å². The van der Waals surface area contributed by atoms with Crippen LogP contribution in [-0.4, -0.2) is 37.2 Å². The summed E-state index contributed by atoms with van der Waals surface area (Å²) in [5.74, 6) is -0.358. The number of amides is 1. The molecule has 7 heteroatoms. The first kappa shape index (κ1) is 18.7. The zero-order valence-electron chi connectivity index (χ0n) is 14.8. The molecule has 2 atom stereocenters. The lowest BCUT2D eigenvalue weighted by Crippen LogP contribution is -2.43. The molecule has 142 valence electrons. The van der Waals surface area contributed by atoms with Gasteiger partial charge in [0.1, 0.15) is 12.4 Å². The summed E-state index contributed by atoms with van der Waals surface area (Å²) in [6.07, 6.45) is -1.34. The van der Waals surface area contributed by atoms with E-state index >= 15 is 0 Å². The van der Waals surface area contributed by atoms with Gasteiger partial charge in [-0.3, -0.25) is 4.79 Å². The van der Waals surface area contributed by atoms with Crippen molar-refractivity contribution in [3.63, 3.8) is 0 Å². The maximum atomic E-state index is 12.9. The van der Waals surface area contributed by atoms with Crippen molar-refractivity contribution < 1.29 is 28.2 Å². The number of benzene rings is 2. The molecule has 1 aliphatic heterocycles. The molecule has 2 aromatic carbocycles. The quantitative estimate of drug-likeness (QED) is 0.787. The van der Waals surface area contributed by atoms with Crippen LogP contribution in [0.3, 0.4) is 0 Å². The number of carbonyl (C=O) groups excluding carboxylic acids is 2. The molecule has 0 bridgehead atoms. The van der Waals surface area contributed by atoms with E-state index in [0.717, 1.165) is 5.56 Å². The van der Waals surface area contributed by atoms with Crippen molar-refractivity contribution in [3.05, 3.63) is 59.9 Å². The van der Waals surface area contributed by atoms with Gasteiger partial charge in [0.15, 0.2) is 17.6 Å². The fourth-order valence-corrected chi connectivity index (χ4v) is 2.56. The van der Waals surface area contributed by atoms with Gasteiger partial charge in [0.05, 0.1) is 0 Å². The van der Waals surface area contributed by atoms with Crippen LogP contribution in [0.15, 0.2) is 48.5 Å². The molecule has 1 aliphatic rings. The van der Waals surface area contributed by atoms with Crippen LogP contribution in [0.1, 0.15) is 12.5 Å². The van der Waals surface area contributed by atoms with Crippen LogP contribution in [0, 0.1) is 5.82 Å². The number of para-hydroxylation sites is 2. The Bertz CT molecular complexity index is 808. The molecular weight excluding hydrogens is 353 g/mol. The zero-order chi connectivity index (χ0) is 19.2. The molecule has 0 fully saturated rings. The molecule has 0 saturated heterocycles. The van der Waals surface area contributed by atoms with Crippen molar-refractivity contribution in [1.82, 2.24) is 5.32 Å². The highest BCUT2D eigenvalue weighted by Gasteiger charge is 2.31. The highest BCUT2D eigenvalue weighted by Crippen LogP contribution is 2.31. The van der Waals surface area contributed by atoms with Gasteiger partial charge in [0.2, 0.25) is 6.10 Å². The topological polar surface area (TPSA) is 73.9 Å². The third kappa shape index (κ3) is 4.97. The first-order valence-corrected chi connectivity index (χ1v) is 8.64. The SMILES string of the molecule is C[C@H](OC(=O)[C@@H]1COc2ccccc2O1)C(=O)NCCc1ccc(F)cc1. The van der Waals surface area contributed by atoms with Crippen LogP contribution < -0.4 is 14.8 Å². The number of carbonyl (C=O) groups is 2. The smallest absolute Gasteiger partial charge is 0.351 e. The third-order valence-electron chi connectivity index (χ3n) is 4.06. The first-order valence-electron chi connectivity index (χ1n) is 8.64. The molecule has 1 N–H and O–H groups in total. The van der Waals surface area contributed by atoms with Gasteiger partial charge in [-0.25, -0.2) is 9.18 Å². The summed E-state index contributed by atoms with van der Waals surface area (Å²) in [7, 11) is 0. The summed E-state index contributed by atoms with van der Waals surface area (Å²) in [6, 6.07) is 13.1.